The van der Waals surface area contributed by atoms with Crippen LogP contribution in [0.4, 0.5) is 5.69 Å². The van der Waals surface area contributed by atoms with Gasteiger partial charge in [0.15, 0.2) is 0 Å². The molecule has 1 N–H and O–H groups in total. The minimum Gasteiger partial charge on any atom is -0.493 e. The summed E-state index contributed by atoms with van der Waals surface area (Å²) in [5.74, 6) is 1.24. The molecule has 0 bridgehead atoms. The van der Waals surface area contributed by atoms with Crippen LogP contribution in [0.25, 0.3) is 0 Å². The summed E-state index contributed by atoms with van der Waals surface area (Å²) in [5.41, 5.74) is 3.05. The summed E-state index contributed by atoms with van der Waals surface area (Å²) in [5, 5.41) is 3.05. The first-order valence-electron chi connectivity index (χ1n) is 9.21. The van der Waals surface area contributed by atoms with E-state index >= 15 is 0 Å². The van der Waals surface area contributed by atoms with Gasteiger partial charge >= 0.3 is 0 Å². The highest BCUT2D eigenvalue weighted by atomic mass is 16.5. The van der Waals surface area contributed by atoms with E-state index in [1.807, 2.05) is 42.5 Å². The largest absolute Gasteiger partial charge is 0.493 e. The number of para-hydroxylation sites is 1. The van der Waals surface area contributed by atoms with Crippen molar-refractivity contribution in [1.82, 2.24) is 5.32 Å². The molecule has 0 aliphatic carbocycles. The molecule has 5 nitrogen and oxygen atoms in total. The molecule has 1 saturated heterocycles. The standard InChI is InChI=1S/C21H24N2O3/c24-21(17-5-7-19(8-6-17)23-9-11-25-12-10-23)22-14-16-13-18-3-1-2-4-20(18)26-15-16/h1-8,16H,9-15H2,(H,22,24)/t16-/m1/s1. The van der Waals surface area contributed by atoms with Crippen LogP contribution in [0.3, 0.4) is 0 Å². The van der Waals surface area contributed by atoms with Crippen molar-refractivity contribution in [2.24, 2.45) is 5.92 Å². The van der Waals surface area contributed by atoms with E-state index in [0.717, 1.165) is 44.2 Å². The number of rotatable bonds is 4. The number of morpholine rings is 1. The molecule has 2 aromatic rings. The van der Waals surface area contributed by atoms with Crippen molar-refractivity contribution >= 4 is 11.6 Å². The first kappa shape index (κ1) is 16.9. The van der Waals surface area contributed by atoms with Gasteiger partial charge in [-0.1, -0.05) is 18.2 Å². The van der Waals surface area contributed by atoms with E-state index in [-0.39, 0.29) is 5.91 Å². The number of fused-ring (bicyclic) bond motifs is 1. The van der Waals surface area contributed by atoms with Gasteiger partial charge in [0.2, 0.25) is 0 Å². The Balaban J connectivity index is 1.31. The lowest BCUT2D eigenvalue weighted by atomic mass is 9.96. The van der Waals surface area contributed by atoms with E-state index < -0.39 is 0 Å². The van der Waals surface area contributed by atoms with Crippen molar-refractivity contribution < 1.29 is 14.3 Å². The number of nitrogens with one attached hydrogen (secondary N) is 1. The molecule has 2 aliphatic heterocycles. The van der Waals surface area contributed by atoms with Crippen molar-refractivity contribution in [2.45, 2.75) is 6.42 Å². The Hall–Kier alpha value is -2.53. The van der Waals surface area contributed by atoms with Crippen LogP contribution in [0.5, 0.6) is 5.75 Å². The van der Waals surface area contributed by atoms with Crippen LogP contribution in [0, 0.1) is 5.92 Å². The van der Waals surface area contributed by atoms with Crippen LogP contribution < -0.4 is 15.0 Å². The molecule has 1 atom stereocenters. The number of carbonyl (C=O) groups excluding carboxylic acids is 1. The van der Waals surface area contributed by atoms with Gasteiger partial charge in [-0.15, -0.1) is 0 Å². The molecule has 1 fully saturated rings. The van der Waals surface area contributed by atoms with Gasteiger partial charge in [0.25, 0.3) is 5.91 Å². The maximum Gasteiger partial charge on any atom is 0.251 e. The van der Waals surface area contributed by atoms with Gasteiger partial charge in [0.1, 0.15) is 5.75 Å². The lowest BCUT2D eigenvalue weighted by molar-refractivity contribution is 0.0939. The Kier molecular flexibility index (Phi) is 5.07. The minimum absolute atomic E-state index is 0.0302. The molecule has 136 valence electrons. The molecule has 2 aromatic carbocycles. The molecular weight excluding hydrogens is 328 g/mol. The van der Waals surface area contributed by atoms with Crippen molar-refractivity contribution in [3.63, 3.8) is 0 Å². The molecule has 2 heterocycles. The van der Waals surface area contributed by atoms with Gasteiger partial charge in [-0.2, -0.15) is 0 Å². The summed E-state index contributed by atoms with van der Waals surface area (Å²) >= 11 is 0. The first-order chi connectivity index (χ1) is 12.8. The second kappa shape index (κ2) is 7.79. The smallest absolute Gasteiger partial charge is 0.251 e. The second-order valence-electron chi connectivity index (χ2n) is 6.85. The van der Waals surface area contributed by atoms with Crippen LogP contribution in [-0.4, -0.2) is 45.4 Å². The zero-order valence-corrected chi connectivity index (χ0v) is 14.8. The number of carbonyl (C=O) groups is 1. The summed E-state index contributed by atoms with van der Waals surface area (Å²) in [6, 6.07) is 15.9. The van der Waals surface area contributed by atoms with Crippen LogP contribution in [0.1, 0.15) is 15.9 Å². The van der Waals surface area contributed by atoms with Crippen LogP contribution >= 0.6 is 0 Å². The van der Waals surface area contributed by atoms with Gasteiger partial charge < -0.3 is 19.7 Å². The fraction of sp³-hybridized carbons (Fsp3) is 0.381. The van der Waals surface area contributed by atoms with Crippen molar-refractivity contribution in [1.29, 1.82) is 0 Å². The molecule has 4 rings (SSSR count). The molecular formula is C21H24N2O3. The predicted octanol–water partition coefficient (Wildman–Crippen LogP) is 2.50. The average molecular weight is 352 g/mol. The van der Waals surface area contributed by atoms with Gasteiger partial charge in [-0.3, -0.25) is 4.79 Å². The second-order valence-corrected chi connectivity index (χ2v) is 6.85. The SMILES string of the molecule is O=C(NC[C@@H]1COc2ccccc2C1)c1ccc(N2CCOCC2)cc1. The molecule has 26 heavy (non-hydrogen) atoms. The Morgan fingerprint density at radius 2 is 1.85 bits per heavy atom. The number of amides is 1. The van der Waals surface area contributed by atoms with Crippen LogP contribution in [0.15, 0.2) is 48.5 Å². The maximum atomic E-state index is 12.4. The van der Waals surface area contributed by atoms with E-state index in [1.54, 1.807) is 0 Å². The van der Waals surface area contributed by atoms with Gasteiger partial charge in [0.05, 0.1) is 19.8 Å². The lowest BCUT2D eigenvalue weighted by Crippen LogP contribution is -2.36. The molecule has 0 spiro atoms. The summed E-state index contributed by atoms with van der Waals surface area (Å²) < 4.78 is 11.2. The summed E-state index contributed by atoms with van der Waals surface area (Å²) in [4.78, 5) is 14.7. The number of anilines is 1. The fourth-order valence-corrected chi connectivity index (χ4v) is 3.51. The quantitative estimate of drug-likeness (QED) is 0.919. The Morgan fingerprint density at radius 1 is 1.08 bits per heavy atom. The van der Waals surface area contributed by atoms with E-state index in [2.05, 4.69) is 16.3 Å². The number of nitrogens with zero attached hydrogens (tertiary/aromatic N) is 1. The third-order valence-corrected chi connectivity index (χ3v) is 5.01. The third kappa shape index (κ3) is 3.83. The predicted molar refractivity (Wildman–Crippen MR) is 101 cm³/mol. The third-order valence-electron chi connectivity index (χ3n) is 5.01. The normalized spacial score (nSPS) is 19.4. The molecule has 0 unspecified atom stereocenters. The highest BCUT2D eigenvalue weighted by Gasteiger charge is 2.20. The average Bonchev–Trinajstić information content (AvgIpc) is 2.72. The highest BCUT2D eigenvalue weighted by molar-refractivity contribution is 5.94. The van der Waals surface area contributed by atoms with E-state index in [4.69, 9.17) is 9.47 Å². The zero-order valence-electron chi connectivity index (χ0n) is 14.8. The molecule has 0 radical (unpaired) electrons. The lowest BCUT2D eigenvalue weighted by Gasteiger charge is -2.29. The number of benzene rings is 2. The van der Waals surface area contributed by atoms with Crippen molar-refractivity contribution in [3.05, 3.63) is 59.7 Å². The summed E-state index contributed by atoms with van der Waals surface area (Å²) in [6.07, 6.45) is 0.937. The summed E-state index contributed by atoms with van der Waals surface area (Å²) in [7, 11) is 0. The molecule has 5 heteroatoms. The topological polar surface area (TPSA) is 50.8 Å². The maximum absolute atomic E-state index is 12.4. The van der Waals surface area contributed by atoms with Crippen molar-refractivity contribution in [2.75, 3.05) is 44.4 Å². The Morgan fingerprint density at radius 3 is 2.65 bits per heavy atom. The Bertz CT molecular complexity index is 754. The molecule has 0 saturated carbocycles. The number of hydrogen-bond acceptors (Lipinski definition) is 4. The molecule has 2 aliphatic rings. The van der Waals surface area contributed by atoms with Gasteiger partial charge in [-0.25, -0.2) is 0 Å². The van der Waals surface area contributed by atoms with Crippen LogP contribution in [-0.2, 0) is 11.2 Å². The number of ether oxygens (including phenoxy) is 2. The first-order valence-corrected chi connectivity index (χ1v) is 9.21. The fourth-order valence-electron chi connectivity index (χ4n) is 3.51. The van der Waals surface area contributed by atoms with Gasteiger partial charge in [-0.05, 0) is 42.3 Å². The number of hydrogen-bond donors (Lipinski definition) is 1. The van der Waals surface area contributed by atoms with Crippen LogP contribution in [0.2, 0.25) is 0 Å². The summed E-state index contributed by atoms with van der Waals surface area (Å²) in [6.45, 7) is 4.58. The van der Waals surface area contributed by atoms with E-state index in [1.165, 1.54) is 5.56 Å². The monoisotopic (exact) mass is 352 g/mol. The van der Waals surface area contributed by atoms with Crippen molar-refractivity contribution in [3.8, 4) is 5.75 Å². The van der Waals surface area contributed by atoms with E-state index in [0.29, 0.717) is 24.6 Å². The minimum atomic E-state index is -0.0302. The molecule has 0 aromatic heterocycles. The van der Waals surface area contributed by atoms with E-state index in [9.17, 15) is 4.79 Å². The zero-order chi connectivity index (χ0) is 17.8. The Labute approximate surface area is 153 Å². The highest BCUT2D eigenvalue weighted by Crippen LogP contribution is 2.26. The van der Waals surface area contributed by atoms with Gasteiger partial charge in [0, 0.05) is 36.8 Å². The molecule has 1 amide bonds.